The molecule has 4 aromatic rings. The number of anilines is 1. The van der Waals surface area contributed by atoms with E-state index in [-0.39, 0.29) is 16.5 Å². The third kappa shape index (κ3) is 4.17. The highest BCUT2D eigenvalue weighted by Gasteiger charge is 2.23. The molecule has 3 aromatic heterocycles. The average Bonchev–Trinajstić information content (AvgIpc) is 3.52. The molecule has 0 aliphatic carbocycles. The second kappa shape index (κ2) is 9.15. The molecule has 1 fully saturated rings. The molecule has 0 radical (unpaired) electrons. The van der Waals surface area contributed by atoms with Crippen LogP contribution in [0, 0.1) is 5.82 Å². The van der Waals surface area contributed by atoms with E-state index in [2.05, 4.69) is 39.0 Å². The third-order valence-corrected chi connectivity index (χ3v) is 6.73. The number of pyridine rings is 1. The fourth-order valence-electron chi connectivity index (χ4n) is 4.44. The highest BCUT2D eigenvalue weighted by Crippen LogP contribution is 2.32. The molecule has 4 heterocycles. The quantitative estimate of drug-likeness (QED) is 0.448. The van der Waals surface area contributed by atoms with E-state index in [1.807, 2.05) is 23.1 Å². The highest BCUT2D eigenvalue weighted by atomic mass is 35.5. The number of nitrogens with two attached hydrogens (primary N) is 1. The number of piperidine rings is 1. The molecule has 0 unspecified atom stereocenters. The summed E-state index contributed by atoms with van der Waals surface area (Å²) >= 11 is 5.98. The Hall–Kier alpha value is -3.30. The number of hydrogen-bond donors (Lipinski definition) is 1. The van der Waals surface area contributed by atoms with E-state index in [1.54, 1.807) is 18.3 Å². The molecule has 8 nitrogen and oxygen atoms in total. The predicted octanol–water partition coefficient (Wildman–Crippen LogP) is 4.61. The minimum Gasteiger partial charge on any atom is -0.383 e. The zero-order chi connectivity index (χ0) is 23.8. The zero-order valence-corrected chi connectivity index (χ0v) is 19.8. The minimum atomic E-state index is -0.558. The van der Waals surface area contributed by atoms with Crippen molar-refractivity contribution in [2.45, 2.75) is 38.8 Å². The number of nitrogen functional groups attached to an aromatic ring is 1. The van der Waals surface area contributed by atoms with Gasteiger partial charge in [-0.1, -0.05) is 17.7 Å². The Morgan fingerprint density at radius 1 is 1.15 bits per heavy atom. The molecular weight excluding hydrogens is 455 g/mol. The van der Waals surface area contributed by atoms with Crippen LogP contribution in [0.4, 0.5) is 10.2 Å². The van der Waals surface area contributed by atoms with Gasteiger partial charge in [-0.05, 0) is 44.9 Å². The van der Waals surface area contributed by atoms with Crippen molar-refractivity contribution in [2.75, 3.05) is 18.8 Å². The molecule has 0 spiro atoms. The van der Waals surface area contributed by atoms with Crippen molar-refractivity contribution in [3.8, 4) is 28.2 Å². The van der Waals surface area contributed by atoms with Crippen LogP contribution >= 0.6 is 11.6 Å². The van der Waals surface area contributed by atoms with E-state index in [9.17, 15) is 4.39 Å². The van der Waals surface area contributed by atoms with Crippen molar-refractivity contribution in [1.82, 2.24) is 34.4 Å². The maximum Gasteiger partial charge on any atom is 0.172 e. The number of nitrogens with zero attached hydrogens (tertiary/aromatic N) is 7. The van der Waals surface area contributed by atoms with Crippen molar-refractivity contribution in [1.29, 1.82) is 0 Å². The van der Waals surface area contributed by atoms with Crippen molar-refractivity contribution < 1.29 is 4.39 Å². The first kappa shape index (κ1) is 22.5. The van der Waals surface area contributed by atoms with Gasteiger partial charge in [-0.15, -0.1) is 10.2 Å². The number of benzene rings is 1. The van der Waals surface area contributed by atoms with Crippen molar-refractivity contribution in [2.24, 2.45) is 0 Å². The summed E-state index contributed by atoms with van der Waals surface area (Å²) in [6.45, 7) is 6.61. The average molecular weight is 481 g/mol. The first-order valence-corrected chi connectivity index (χ1v) is 11.7. The lowest BCUT2D eigenvalue weighted by Crippen LogP contribution is -2.39. The van der Waals surface area contributed by atoms with Crippen LogP contribution in [0.3, 0.4) is 0 Å². The molecule has 0 bridgehead atoms. The van der Waals surface area contributed by atoms with Crippen LogP contribution in [0.1, 0.15) is 32.7 Å². The number of hydrogen-bond acceptors (Lipinski definition) is 6. The van der Waals surface area contributed by atoms with Gasteiger partial charge in [0.15, 0.2) is 11.6 Å². The summed E-state index contributed by atoms with van der Waals surface area (Å²) in [4.78, 5) is 6.87. The van der Waals surface area contributed by atoms with E-state index in [4.69, 9.17) is 17.3 Å². The zero-order valence-electron chi connectivity index (χ0n) is 19.1. The topological polar surface area (TPSA) is 90.7 Å². The SMILES string of the molecule is CC(C)N1CCC(n2cc(-c3cnc(N)c(-c4nncn4-c4cccc(Cl)c4F)c3)cn2)CC1. The molecule has 1 aliphatic rings. The monoisotopic (exact) mass is 480 g/mol. The van der Waals surface area contributed by atoms with Crippen LogP contribution in [-0.2, 0) is 0 Å². The van der Waals surface area contributed by atoms with E-state index < -0.39 is 5.82 Å². The summed E-state index contributed by atoms with van der Waals surface area (Å²) < 4.78 is 18.3. The largest absolute Gasteiger partial charge is 0.383 e. The first-order chi connectivity index (χ1) is 16.4. The molecule has 34 heavy (non-hydrogen) atoms. The van der Waals surface area contributed by atoms with Gasteiger partial charge in [-0.3, -0.25) is 9.25 Å². The first-order valence-electron chi connectivity index (χ1n) is 11.3. The van der Waals surface area contributed by atoms with Gasteiger partial charge in [0, 0.05) is 42.7 Å². The van der Waals surface area contributed by atoms with Crippen LogP contribution in [-0.4, -0.2) is 53.6 Å². The van der Waals surface area contributed by atoms with Gasteiger partial charge in [0.25, 0.3) is 0 Å². The second-order valence-electron chi connectivity index (χ2n) is 8.82. The van der Waals surface area contributed by atoms with Crippen molar-refractivity contribution in [3.05, 3.63) is 60.0 Å². The molecule has 2 N–H and O–H groups in total. The molecule has 0 amide bonds. The van der Waals surface area contributed by atoms with Gasteiger partial charge in [0.2, 0.25) is 0 Å². The lowest BCUT2D eigenvalue weighted by Gasteiger charge is -2.34. The van der Waals surface area contributed by atoms with Crippen molar-refractivity contribution in [3.63, 3.8) is 0 Å². The summed E-state index contributed by atoms with van der Waals surface area (Å²) in [6.07, 6.45) is 9.17. The van der Waals surface area contributed by atoms with Gasteiger partial charge in [-0.25, -0.2) is 9.37 Å². The fraction of sp³-hybridized carbons (Fsp3) is 0.333. The Kier molecular flexibility index (Phi) is 6.05. The maximum absolute atomic E-state index is 14.7. The Labute approximate surface area is 202 Å². The Balaban J connectivity index is 1.45. The molecule has 10 heteroatoms. The minimum absolute atomic E-state index is 0.0173. The molecule has 1 saturated heterocycles. The standard InChI is InChI=1S/C24H26ClFN8/c1-15(2)32-8-6-18(7-9-32)34-13-17(12-30-34)16-10-19(23(27)28-11-16)24-31-29-14-33(24)21-5-3-4-20(25)22(21)26/h3-5,10-15,18H,6-9H2,1-2H3,(H2,27,28). The Bertz CT molecular complexity index is 1310. The van der Waals surface area contributed by atoms with Gasteiger partial charge in [0.05, 0.1) is 28.5 Å². The predicted molar refractivity (Wildman–Crippen MR) is 130 cm³/mol. The Morgan fingerprint density at radius 3 is 2.71 bits per heavy atom. The third-order valence-electron chi connectivity index (χ3n) is 6.44. The summed E-state index contributed by atoms with van der Waals surface area (Å²) in [6, 6.07) is 7.59. The number of halogens is 2. The maximum atomic E-state index is 14.7. The molecule has 1 aromatic carbocycles. The number of rotatable bonds is 5. The van der Waals surface area contributed by atoms with Crippen LogP contribution in [0.2, 0.25) is 5.02 Å². The molecule has 1 aliphatic heterocycles. The van der Waals surface area contributed by atoms with E-state index >= 15 is 0 Å². The van der Waals surface area contributed by atoms with Gasteiger partial charge >= 0.3 is 0 Å². The van der Waals surface area contributed by atoms with Crippen LogP contribution < -0.4 is 5.73 Å². The highest BCUT2D eigenvalue weighted by molar-refractivity contribution is 6.30. The second-order valence-corrected chi connectivity index (χ2v) is 9.23. The normalized spacial score (nSPS) is 15.3. The molecule has 0 saturated carbocycles. The fourth-order valence-corrected chi connectivity index (χ4v) is 4.61. The van der Waals surface area contributed by atoms with Crippen LogP contribution in [0.5, 0.6) is 0 Å². The smallest absolute Gasteiger partial charge is 0.172 e. The van der Waals surface area contributed by atoms with E-state index in [0.29, 0.717) is 23.5 Å². The van der Waals surface area contributed by atoms with Crippen LogP contribution in [0.25, 0.3) is 28.2 Å². The number of likely N-dealkylation sites (tertiary alicyclic amines) is 1. The number of aromatic nitrogens is 6. The molecule has 176 valence electrons. The van der Waals surface area contributed by atoms with E-state index in [0.717, 1.165) is 37.1 Å². The summed E-state index contributed by atoms with van der Waals surface area (Å²) in [5, 5.41) is 12.8. The van der Waals surface area contributed by atoms with Crippen LogP contribution in [0.15, 0.2) is 49.2 Å². The molecule has 0 atom stereocenters. The van der Waals surface area contributed by atoms with Gasteiger partial charge < -0.3 is 10.6 Å². The molecular formula is C24H26ClFN8. The van der Waals surface area contributed by atoms with Gasteiger partial charge in [0.1, 0.15) is 12.1 Å². The van der Waals surface area contributed by atoms with Gasteiger partial charge in [-0.2, -0.15) is 5.10 Å². The van der Waals surface area contributed by atoms with E-state index in [1.165, 1.54) is 17.0 Å². The Morgan fingerprint density at radius 2 is 1.94 bits per heavy atom. The lowest BCUT2D eigenvalue weighted by atomic mass is 10.0. The lowest BCUT2D eigenvalue weighted by molar-refractivity contribution is 0.147. The summed E-state index contributed by atoms with van der Waals surface area (Å²) in [5.74, 6) is 0.0908. The summed E-state index contributed by atoms with van der Waals surface area (Å²) in [7, 11) is 0. The summed E-state index contributed by atoms with van der Waals surface area (Å²) in [5.41, 5.74) is 8.75. The van der Waals surface area contributed by atoms with Crippen molar-refractivity contribution >= 4 is 17.4 Å². The molecule has 5 rings (SSSR count).